The van der Waals surface area contributed by atoms with Gasteiger partial charge in [-0.05, 0) is 34.6 Å². The summed E-state index contributed by atoms with van der Waals surface area (Å²) < 4.78 is 7.57. The summed E-state index contributed by atoms with van der Waals surface area (Å²) in [7, 11) is 1.69. The van der Waals surface area contributed by atoms with Gasteiger partial charge in [0.2, 0.25) is 0 Å². The number of aryl methyl sites for hydroxylation is 1. The van der Waals surface area contributed by atoms with E-state index in [0.717, 1.165) is 17.0 Å². The second-order valence-corrected chi connectivity index (χ2v) is 4.72. The zero-order valence-electron chi connectivity index (χ0n) is 11.2. The Balaban J connectivity index is 3.34. The molecule has 1 unspecified atom stereocenters. The van der Waals surface area contributed by atoms with Gasteiger partial charge in [-0.2, -0.15) is 5.10 Å². The third kappa shape index (κ3) is 1.99. The van der Waals surface area contributed by atoms with E-state index in [9.17, 15) is 0 Å². The fourth-order valence-corrected chi connectivity index (χ4v) is 2.22. The van der Waals surface area contributed by atoms with E-state index in [2.05, 4.69) is 25.9 Å². The highest BCUT2D eigenvalue weighted by atomic mass is 16.5. The lowest BCUT2D eigenvalue weighted by molar-refractivity contribution is 0.00893. The largest absolute Gasteiger partial charge is 0.372 e. The standard InChI is InChI=1S/C12H23N3O/c1-8(2)15-10(4)11(9(3)14-15)12(5,7-13)16-6/h8H,7,13H2,1-6H3. The maximum absolute atomic E-state index is 5.81. The summed E-state index contributed by atoms with van der Waals surface area (Å²) >= 11 is 0. The van der Waals surface area contributed by atoms with Crippen molar-refractivity contribution in [3.63, 3.8) is 0 Å². The smallest absolute Gasteiger partial charge is 0.106 e. The molecule has 4 nitrogen and oxygen atoms in total. The summed E-state index contributed by atoms with van der Waals surface area (Å²) in [6.45, 7) is 10.8. The predicted octanol–water partition coefficient (Wildman–Crippen LogP) is 1.90. The Hall–Kier alpha value is -0.870. The zero-order chi connectivity index (χ0) is 12.5. The van der Waals surface area contributed by atoms with Crippen molar-refractivity contribution in [1.29, 1.82) is 0 Å². The fourth-order valence-electron chi connectivity index (χ4n) is 2.22. The van der Waals surface area contributed by atoms with Crippen LogP contribution in [0.2, 0.25) is 0 Å². The van der Waals surface area contributed by atoms with Crippen molar-refractivity contribution in [2.24, 2.45) is 5.73 Å². The summed E-state index contributed by atoms with van der Waals surface area (Å²) in [6.07, 6.45) is 0. The van der Waals surface area contributed by atoms with E-state index in [1.165, 1.54) is 0 Å². The molecule has 4 heteroatoms. The maximum atomic E-state index is 5.81. The Kier molecular flexibility index (Phi) is 3.76. The van der Waals surface area contributed by atoms with Gasteiger partial charge in [-0.3, -0.25) is 4.68 Å². The highest BCUT2D eigenvalue weighted by Crippen LogP contribution is 2.30. The molecule has 2 N–H and O–H groups in total. The Morgan fingerprint density at radius 1 is 1.44 bits per heavy atom. The lowest BCUT2D eigenvalue weighted by Crippen LogP contribution is -2.34. The van der Waals surface area contributed by atoms with Crippen LogP contribution in [-0.4, -0.2) is 23.4 Å². The Bertz CT molecular complexity index is 365. The van der Waals surface area contributed by atoms with Gasteiger partial charge in [0.1, 0.15) is 5.60 Å². The molecule has 0 spiro atoms. The molecule has 0 saturated heterocycles. The van der Waals surface area contributed by atoms with Gasteiger partial charge in [0.15, 0.2) is 0 Å². The number of methoxy groups -OCH3 is 1. The number of hydrogen-bond donors (Lipinski definition) is 1. The van der Waals surface area contributed by atoms with Gasteiger partial charge < -0.3 is 10.5 Å². The quantitative estimate of drug-likeness (QED) is 0.851. The lowest BCUT2D eigenvalue weighted by Gasteiger charge is -2.27. The second-order valence-electron chi connectivity index (χ2n) is 4.72. The first-order valence-electron chi connectivity index (χ1n) is 5.68. The molecule has 0 fully saturated rings. The molecule has 1 aromatic rings. The van der Waals surface area contributed by atoms with Gasteiger partial charge in [0.05, 0.1) is 5.69 Å². The van der Waals surface area contributed by atoms with Crippen LogP contribution in [0, 0.1) is 13.8 Å². The van der Waals surface area contributed by atoms with Gasteiger partial charge in [0, 0.05) is 31.0 Å². The number of nitrogens with two attached hydrogens (primary N) is 1. The van der Waals surface area contributed by atoms with Crippen LogP contribution in [-0.2, 0) is 10.3 Å². The lowest BCUT2D eigenvalue weighted by atomic mass is 9.94. The Labute approximate surface area is 97.8 Å². The number of rotatable bonds is 4. The third-order valence-electron chi connectivity index (χ3n) is 3.18. The molecule has 92 valence electrons. The number of hydrogen-bond acceptors (Lipinski definition) is 3. The third-order valence-corrected chi connectivity index (χ3v) is 3.18. The summed E-state index contributed by atoms with van der Waals surface area (Å²) in [5.41, 5.74) is 8.63. The van der Waals surface area contributed by atoms with Gasteiger partial charge in [-0.1, -0.05) is 0 Å². The van der Waals surface area contributed by atoms with Crippen LogP contribution in [0.3, 0.4) is 0 Å². The molecule has 0 radical (unpaired) electrons. The van der Waals surface area contributed by atoms with Crippen LogP contribution < -0.4 is 5.73 Å². The summed E-state index contributed by atoms with van der Waals surface area (Å²) in [6, 6.07) is 0.353. The van der Waals surface area contributed by atoms with E-state index in [-0.39, 0.29) is 0 Å². The molecule has 0 aromatic carbocycles. The molecular formula is C12H23N3O. The molecule has 16 heavy (non-hydrogen) atoms. The highest BCUT2D eigenvalue weighted by Gasteiger charge is 2.31. The van der Waals surface area contributed by atoms with Crippen LogP contribution >= 0.6 is 0 Å². The van der Waals surface area contributed by atoms with Crippen LogP contribution in [0.5, 0.6) is 0 Å². The van der Waals surface area contributed by atoms with E-state index in [0.29, 0.717) is 12.6 Å². The van der Waals surface area contributed by atoms with Crippen molar-refractivity contribution in [3.05, 3.63) is 17.0 Å². The van der Waals surface area contributed by atoms with Crippen LogP contribution in [0.4, 0.5) is 0 Å². The average molecular weight is 225 g/mol. The zero-order valence-corrected chi connectivity index (χ0v) is 11.2. The van der Waals surface area contributed by atoms with E-state index in [4.69, 9.17) is 10.5 Å². The minimum absolute atomic E-state index is 0.353. The number of aromatic nitrogens is 2. The van der Waals surface area contributed by atoms with Crippen molar-refractivity contribution < 1.29 is 4.74 Å². The predicted molar refractivity (Wildman–Crippen MR) is 65.5 cm³/mol. The molecule has 0 aliphatic heterocycles. The van der Waals surface area contributed by atoms with E-state index in [1.807, 2.05) is 18.5 Å². The molecular weight excluding hydrogens is 202 g/mol. The SMILES string of the molecule is COC(C)(CN)c1c(C)nn(C(C)C)c1C. The normalized spacial score (nSPS) is 15.5. The van der Waals surface area contributed by atoms with Crippen molar-refractivity contribution >= 4 is 0 Å². The van der Waals surface area contributed by atoms with E-state index >= 15 is 0 Å². The molecule has 0 aliphatic rings. The van der Waals surface area contributed by atoms with E-state index < -0.39 is 5.60 Å². The van der Waals surface area contributed by atoms with E-state index in [1.54, 1.807) is 7.11 Å². The Morgan fingerprint density at radius 3 is 2.31 bits per heavy atom. The van der Waals surface area contributed by atoms with Crippen molar-refractivity contribution in [2.45, 2.75) is 46.3 Å². The molecule has 1 rings (SSSR count). The average Bonchev–Trinajstić information content (AvgIpc) is 2.54. The van der Waals surface area contributed by atoms with Gasteiger partial charge in [-0.15, -0.1) is 0 Å². The topological polar surface area (TPSA) is 53.1 Å². The van der Waals surface area contributed by atoms with Gasteiger partial charge >= 0.3 is 0 Å². The molecule has 0 aliphatic carbocycles. The van der Waals surface area contributed by atoms with Crippen LogP contribution in [0.1, 0.15) is 43.8 Å². The summed E-state index contributed by atoms with van der Waals surface area (Å²) in [4.78, 5) is 0. The molecule has 1 heterocycles. The number of ether oxygens (including phenoxy) is 1. The second kappa shape index (κ2) is 4.55. The van der Waals surface area contributed by atoms with Crippen molar-refractivity contribution in [3.8, 4) is 0 Å². The molecule has 0 amide bonds. The molecule has 1 aromatic heterocycles. The minimum atomic E-state index is -0.443. The Morgan fingerprint density at radius 2 is 2.00 bits per heavy atom. The molecule has 0 bridgehead atoms. The minimum Gasteiger partial charge on any atom is -0.372 e. The summed E-state index contributed by atoms with van der Waals surface area (Å²) in [5, 5.41) is 4.55. The maximum Gasteiger partial charge on any atom is 0.106 e. The first-order valence-corrected chi connectivity index (χ1v) is 5.68. The first-order chi connectivity index (χ1) is 7.37. The molecule has 1 atom stereocenters. The van der Waals surface area contributed by atoms with Crippen LogP contribution in [0.15, 0.2) is 0 Å². The summed E-state index contributed by atoms with van der Waals surface area (Å²) in [5.74, 6) is 0. The van der Waals surface area contributed by atoms with Gasteiger partial charge in [-0.25, -0.2) is 0 Å². The highest BCUT2D eigenvalue weighted by molar-refractivity contribution is 5.31. The monoisotopic (exact) mass is 225 g/mol. The fraction of sp³-hybridized carbons (Fsp3) is 0.750. The van der Waals surface area contributed by atoms with Gasteiger partial charge in [0.25, 0.3) is 0 Å². The first kappa shape index (κ1) is 13.2. The molecule has 0 saturated carbocycles. The number of nitrogens with zero attached hydrogens (tertiary/aromatic N) is 2. The van der Waals surface area contributed by atoms with Crippen LogP contribution in [0.25, 0.3) is 0 Å². The van der Waals surface area contributed by atoms with Crippen molar-refractivity contribution in [1.82, 2.24) is 9.78 Å². The van der Waals surface area contributed by atoms with Crippen molar-refractivity contribution in [2.75, 3.05) is 13.7 Å².